The summed E-state index contributed by atoms with van der Waals surface area (Å²) in [5.41, 5.74) is 1.95. The van der Waals surface area contributed by atoms with Crippen molar-refractivity contribution in [2.75, 3.05) is 11.9 Å². The van der Waals surface area contributed by atoms with Crippen LogP contribution >= 0.6 is 11.3 Å². The molecular formula is C17H21F3N2S. The lowest BCUT2D eigenvalue weighted by atomic mass is 9.98. The molecule has 0 spiro atoms. The Kier molecular flexibility index (Phi) is 4.76. The van der Waals surface area contributed by atoms with E-state index >= 15 is 0 Å². The highest BCUT2D eigenvalue weighted by molar-refractivity contribution is 7.12. The number of aryl methyl sites for hydroxylation is 1. The summed E-state index contributed by atoms with van der Waals surface area (Å²) in [6.07, 6.45) is -4.40. The molecule has 126 valence electrons. The van der Waals surface area contributed by atoms with Gasteiger partial charge in [-0.1, -0.05) is 26.8 Å². The van der Waals surface area contributed by atoms with Crippen LogP contribution in [-0.2, 0) is 11.6 Å². The van der Waals surface area contributed by atoms with Gasteiger partial charge in [-0.2, -0.15) is 13.2 Å². The fourth-order valence-electron chi connectivity index (χ4n) is 2.23. The van der Waals surface area contributed by atoms with Gasteiger partial charge >= 0.3 is 6.18 Å². The van der Waals surface area contributed by atoms with Gasteiger partial charge in [-0.25, -0.2) is 4.98 Å². The van der Waals surface area contributed by atoms with Gasteiger partial charge in [-0.3, -0.25) is 0 Å². The normalized spacial score (nSPS) is 12.5. The molecule has 1 aromatic heterocycles. The maximum atomic E-state index is 13.4. The molecule has 0 fully saturated rings. The largest absolute Gasteiger partial charge is 0.427 e. The third-order valence-corrected chi connectivity index (χ3v) is 4.92. The maximum Gasteiger partial charge on any atom is 0.427 e. The Morgan fingerprint density at radius 3 is 2.30 bits per heavy atom. The number of nitrogens with one attached hydrogen (secondary N) is 1. The van der Waals surface area contributed by atoms with E-state index < -0.39 is 16.5 Å². The number of aromatic nitrogens is 1. The number of benzene rings is 1. The van der Waals surface area contributed by atoms with Gasteiger partial charge in [0.05, 0.1) is 10.7 Å². The van der Waals surface area contributed by atoms with Crippen LogP contribution < -0.4 is 5.32 Å². The Morgan fingerprint density at radius 2 is 1.83 bits per heavy atom. The molecule has 0 aliphatic heterocycles. The summed E-state index contributed by atoms with van der Waals surface area (Å²) < 4.78 is 40.2. The Morgan fingerprint density at radius 1 is 1.17 bits per heavy atom. The Balaban J connectivity index is 2.58. The predicted octanol–water partition coefficient (Wildman–Crippen LogP) is 5.87. The van der Waals surface area contributed by atoms with Gasteiger partial charge < -0.3 is 5.32 Å². The van der Waals surface area contributed by atoms with Crippen LogP contribution in [0.1, 0.15) is 43.1 Å². The van der Waals surface area contributed by atoms with E-state index in [1.165, 1.54) is 0 Å². The molecule has 0 saturated heterocycles. The van der Waals surface area contributed by atoms with Crippen molar-refractivity contribution in [3.05, 3.63) is 33.6 Å². The molecule has 0 saturated carbocycles. The Bertz CT molecular complexity index is 697. The minimum absolute atomic E-state index is 0.0265. The van der Waals surface area contributed by atoms with E-state index in [2.05, 4.69) is 10.3 Å². The van der Waals surface area contributed by atoms with Gasteiger partial charge in [-0.15, -0.1) is 11.3 Å². The average molecular weight is 342 g/mol. The molecule has 0 aliphatic carbocycles. The molecule has 0 unspecified atom stereocenters. The first-order valence-corrected chi connectivity index (χ1v) is 8.29. The Hall–Kier alpha value is -1.56. The van der Waals surface area contributed by atoms with E-state index in [4.69, 9.17) is 0 Å². The molecule has 0 bridgehead atoms. The summed E-state index contributed by atoms with van der Waals surface area (Å²) >= 11 is 0.737. The molecule has 2 rings (SSSR count). The van der Waals surface area contributed by atoms with E-state index in [0.29, 0.717) is 10.6 Å². The maximum absolute atomic E-state index is 13.4. The predicted molar refractivity (Wildman–Crippen MR) is 90.2 cm³/mol. The first kappa shape index (κ1) is 17.8. The van der Waals surface area contributed by atoms with Crippen molar-refractivity contribution in [1.82, 2.24) is 4.98 Å². The highest BCUT2D eigenvalue weighted by atomic mass is 32.1. The standard InChI is InChI=1S/C17H21F3N2S/c1-6-21-12-8-7-11(9-10(12)2)13-14(17(18,19)20)23-15(22-13)16(3,4)5/h7-9,21H,6H2,1-5H3. The highest BCUT2D eigenvalue weighted by Gasteiger charge is 2.39. The van der Waals surface area contributed by atoms with Gasteiger partial charge in [0.2, 0.25) is 0 Å². The minimum Gasteiger partial charge on any atom is -0.385 e. The number of halogens is 3. The van der Waals surface area contributed by atoms with Crippen LogP contribution in [0.2, 0.25) is 0 Å². The topological polar surface area (TPSA) is 24.9 Å². The monoisotopic (exact) mass is 342 g/mol. The summed E-state index contributed by atoms with van der Waals surface area (Å²) in [4.78, 5) is 3.69. The number of anilines is 1. The molecule has 2 nitrogen and oxygen atoms in total. The smallest absolute Gasteiger partial charge is 0.385 e. The van der Waals surface area contributed by atoms with Crippen molar-refractivity contribution < 1.29 is 13.2 Å². The molecule has 23 heavy (non-hydrogen) atoms. The summed E-state index contributed by atoms with van der Waals surface area (Å²) in [6.45, 7) is 10.2. The lowest BCUT2D eigenvalue weighted by Gasteiger charge is -2.13. The van der Waals surface area contributed by atoms with Gasteiger partial charge in [0, 0.05) is 23.2 Å². The molecule has 0 amide bonds. The van der Waals surface area contributed by atoms with Crippen molar-refractivity contribution in [1.29, 1.82) is 0 Å². The number of alkyl halides is 3. The quantitative estimate of drug-likeness (QED) is 0.755. The average Bonchev–Trinajstić information content (AvgIpc) is 2.86. The van der Waals surface area contributed by atoms with E-state index in [1.54, 1.807) is 12.1 Å². The third kappa shape index (κ3) is 3.86. The molecule has 2 aromatic rings. The molecule has 0 atom stereocenters. The first-order chi connectivity index (χ1) is 10.5. The second-order valence-corrected chi connectivity index (χ2v) is 7.50. The summed E-state index contributed by atoms with van der Waals surface area (Å²) in [7, 11) is 0. The van der Waals surface area contributed by atoms with Gasteiger partial charge in [0.1, 0.15) is 4.88 Å². The zero-order chi connectivity index (χ0) is 17.4. The first-order valence-electron chi connectivity index (χ1n) is 7.47. The van der Waals surface area contributed by atoms with E-state index in [9.17, 15) is 13.2 Å². The lowest BCUT2D eigenvalue weighted by Crippen LogP contribution is -2.10. The molecule has 1 aromatic carbocycles. The number of hydrogen-bond acceptors (Lipinski definition) is 3. The Labute approximate surface area is 138 Å². The van der Waals surface area contributed by atoms with Gasteiger partial charge in [0.15, 0.2) is 0 Å². The van der Waals surface area contributed by atoms with Crippen LogP contribution in [-0.4, -0.2) is 11.5 Å². The van der Waals surface area contributed by atoms with Crippen LogP contribution in [0.4, 0.5) is 18.9 Å². The van der Waals surface area contributed by atoms with E-state index in [0.717, 1.165) is 29.1 Å². The molecular weight excluding hydrogens is 321 g/mol. The third-order valence-electron chi connectivity index (χ3n) is 3.39. The highest BCUT2D eigenvalue weighted by Crippen LogP contribution is 2.43. The lowest BCUT2D eigenvalue weighted by molar-refractivity contribution is -0.134. The van der Waals surface area contributed by atoms with Crippen molar-refractivity contribution >= 4 is 17.0 Å². The minimum atomic E-state index is -4.40. The fraction of sp³-hybridized carbons (Fsp3) is 0.471. The number of hydrogen-bond donors (Lipinski definition) is 1. The van der Waals surface area contributed by atoms with Crippen molar-refractivity contribution in [2.45, 2.75) is 46.2 Å². The van der Waals surface area contributed by atoms with Gasteiger partial charge in [0.25, 0.3) is 0 Å². The van der Waals surface area contributed by atoms with E-state index in [1.807, 2.05) is 40.7 Å². The molecule has 1 N–H and O–H groups in total. The zero-order valence-electron chi connectivity index (χ0n) is 13.9. The van der Waals surface area contributed by atoms with Crippen molar-refractivity contribution in [3.8, 4) is 11.3 Å². The molecule has 1 heterocycles. The SMILES string of the molecule is CCNc1ccc(-c2nc(C(C)(C)C)sc2C(F)(F)F)cc1C. The summed E-state index contributed by atoms with van der Waals surface area (Å²) in [6, 6.07) is 5.26. The fourth-order valence-corrected chi connectivity index (χ4v) is 3.24. The van der Waals surface area contributed by atoms with Crippen LogP contribution in [0.15, 0.2) is 18.2 Å². The summed E-state index contributed by atoms with van der Waals surface area (Å²) in [5.74, 6) is 0. The van der Waals surface area contributed by atoms with Crippen molar-refractivity contribution in [3.63, 3.8) is 0 Å². The van der Waals surface area contributed by atoms with Gasteiger partial charge in [-0.05, 0) is 31.5 Å². The van der Waals surface area contributed by atoms with Crippen LogP contribution in [0.25, 0.3) is 11.3 Å². The van der Waals surface area contributed by atoms with Crippen LogP contribution in [0, 0.1) is 6.92 Å². The molecule has 0 radical (unpaired) electrons. The molecule has 0 aliphatic rings. The number of rotatable bonds is 3. The zero-order valence-corrected chi connectivity index (χ0v) is 14.7. The molecule has 6 heteroatoms. The number of nitrogens with zero attached hydrogens (tertiary/aromatic N) is 1. The van der Waals surface area contributed by atoms with E-state index in [-0.39, 0.29) is 5.69 Å². The van der Waals surface area contributed by atoms with Crippen LogP contribution in [0.5, 0.6) is 0 Å². The second-order valence-electron chi connectivity index (χ2n) is 6.50. The number of thiazole rings is 1. The van der Waals surface area contributed by atoms with Crippen molar-refractivity contribution in [2.24, 2.45) is 0 Å². The summed E-state index contributed by atoms with van der Waals surface area (Å²) in [5, 5.41) is 3.68. The second kappa shape index (κ2) is 6.15. The van der Waals surface area contributed by atoms with Crippen LogP contribution in [0.3, 0.4) is 0 Å².